The Hall–Kier alpha value is -4.19. The molecule has 0 atom stereocenters. The number of hydrogen-bond donors (Lipinski definition) is 3. The van der Waals surface area contributed by atoms with Gasteiger partial charge in [-0.25, -0.2) is 0 Å². The molecule has 202 valence electrons. The molecular weight excluding hydrogens is 484 g/mol. The first-order valence-electron chi connectivity index (χ1n) is 13.6. The zero-order valence-electron chi connectivity index (χ0n) is 23.3. The summed E-state index contributed by atoms with van der Waals surface area (Å²) in [5.41, 5.74) is 7.05. The highest BCUT2D eigenvalue weighted by molar-refractivity contribution is 6.08. The van der Waals surface area contributed by atoms with Crippen LogP contribution in [0, 0.1) is 12.3 Å². The van der Waals surface area contributed by atoms with E-state index in [-0.39, 0.29) is 11.8 Å². The monoisotopic (exact) mass is 522 g/mol. The number of likely N-dealkylation sites (tertiary alicyclic amines) is 1. The van der Waals surface area contributed by atoms with E-state index in [4.69, 9.17) is 5.41 Å². The Morgan fingerprint density at radius 1 is 0.923 bits per heavy atom. The van der Waals surface area contributed by atoms with E-state index in [1.54, 1.807) is 6.07 Å². The molecule has 0 aliphatic carbocycles. The van der Waals surface area contributed by atoms with Crippen LogP contribution in [0.5, 0.6) is 0 Å². The van der Waals surface area contributed by atoms with Crippen LogP contribution in [0.25, 0.3) is 5.57 Å². The molecule has 6 nitrogen and oxygen atoms in total. The van der Waals surface area contributed by atoms with Crippen molar-refractivity contribution in [3.8, 4) is 0 Å². The predicted molar refractivity (Wildman–Crippen MR) is 160 cm³/mol. The number of nitrogens with zero attached hydrogens (tertiary/aromatic N) is 1. The quantitative estimate of drug-likeness (QED) is 0.291. The standard InChI is InChI=1S/C33H38N4O2/c1-22(2)24-7-13-28(14-8-24)32(38)36-31-19-29(6-5-23(31)3)33(39)37-17-15-27(16-18-37)25-9-11-26(12-10-25)30(20-34)21-35-4/h5-14,19-22,27,34-35H,15-18H2,1-4H3,(H,36,38)/b30-21+,34-20?. The summed E-state index contributed by atoms with van der Waals surface area (Å²) in [5, 5.41) is 13.6. The minimum absolute atomic E-state index is 0.00610. The lowest BCUT2D eigenvalue weighted by Crippen LogP contribution is -2.38. The molecular formula is C33H38N4O2. The lowest BCUT2D eigenvalue weighted by molar-refractivity contribution is 0.0712. The van der Waals surface area contributed by atoms with E-state index >= 15 is 0 Å². The molecule has 1 saturated heterocycles. The second kappa shape index (κ2) is 12.6. The van der Waals surface area contributed by atoms with Gasteiger partial charge in [0.05, 0.1) is 0 Å². The number of allylic oxidation sites excluding steroid dienone is 1. The average molecular weight is 523 g/mol. The summed E-state index contributed by atoms with van der Waals surface area (Å²) in [5.74, 6) is 0.617. The number of aryl methyl sites for hydroxylation is 1. The maximum absolute atomic E-state index is 13.4. The maximum atomic E-state index is 13.4. The second-order valence-electron chi connectivity index (χ2n) is 10.5. The fourth-order valence-electron chi connectivity index (χ4n) is 5.01. The molecule has 3 aromatic carbocycles. The predicted octanol–water partition coefficient (Wildman–Crippen LogP) is 6.60. The van der Waals surface area contributed by atoms with Crippen LogP contribution in [0.1, 0.15) is 81.5 Å². The van der Waals surface area contributed by atoms with Crippen molar-refractivity contribution in [2.24, 2.45) is 0 Å². The van der Waals surface area contributed by atoms with Gasteiger partial charge in [0.2, 0.25) is 0 Å². The van der Waals surface area contributed by atoms with Gasteiger partial charge in [0.15, 0.2) is 0 Å². The van der Waals surface area contributed by atoms with Gasteiger partial charge >= 0.3 is 0 Å². The lowest BCUT2D eigenvalue weighted by Gasteiger charge is -2.32. The number of rotatable bonds is 8. The van der Waals surface area contributed by atoms with Gasteiger partial charge in [0.25, 0.3) is 11.8 Å². The third-order valence-electron chi connectivity index (χ3n) is 7.53. The van der Waals surface area contributed by atoms with Crippen LogP contribution in [0.15, 0.2) is 72.9 Å². The lowest BCUT2D eigenvalue weighted by atomic mass is 9.88. The first-order valence-corrected chi connectivity index (χ1v) is 13.6. The molecule has 1 aliphatic rings. The van der Waals surface area contributed by atoms with E-state index in [0.29, 0.717) is 41.7 Å². The molecule has 0 bridgehead atoms. The molecule has 0 aromatic heterocycles. The summed E-state index contributed by atoms with van der Waals surface area (Å²) in [6.45, 7) is 7.56. The summed E-state index contributed by atoms with van der Waals surface area (Å²) in [6.07, 6.45) is 4.97. The molecule has 1 aliphatic heterocycles. The van der Waals surface area contributed by atoms with Gasteiger partial charge in [-0.1, -0.05) is 56.3 Å². The van der Waals surface area contributed by atoms with Crippen molar-refractivity contribution in [1.29, 1.82) is 5.41 Å². The van der Waals surface area contributed by atoms with Crippen LogP contribution in [0.2, 0.25) is 0 Å². The highest BCUT2D eigenvalue weighted by Gasteiger charge is 2.25. The maximum Gasteiger partial charge on any atom is 0.255 e. The topological polar surface area (TPSA) is 85.3 Å². The largest absolute Gasteiger partial charge is 0.393 e. The Morgan fingerprint density at radius 2 is 1.54 bits per heavy atom. The molecule has 2 amide bonds. The van der Waals surface area contributed by atoms with E-state index in [2.05, 4.69) is 48.7 Å². The summed E-state index contributed by atoms with van der Waals surface area (Å²) in [6, 6.07) is 21.6. The van der Waals surface area contributed by atoms with E-state index < -0.39 is 0 Å². The van der Waals surface area contributed by atoms with Crippen molar-refractivity contribution in [3.05, 3.63) is 106 Å². The molecule has 39 heavy (non-hydrogen) atoms. The number of carbonyl (C=O) groups is 2. The molecule has 0 unspecified atom stereocenters. The minimum Gasteiger partial charge on any atom is -0.393 e. The second-order valence-corrected chi connectivity index (χ2v) is 10.5. The Bertz CT molecular complexity index is 1350. The van der Waals surface area contributed by atoms with Gasteiger partial charge in [-0.05, 0) is 78.1 Å². The van der Waals surface area contributed by atoms with E-state index in [1.165, 1.54) is 17.3 Å². The molecule has 3 N–H and O–H groups in total. The van der Waals surface area contributed by atoms with Crippen LogP contribution in [0.4, 0.5) is 5.69 Å². The normalized spacial score (nSPS) is 14.3. The van der Waals surface area contributed by atoms with Gasteiger partial charge in [0, 0.05) is 54.9 Å². The van der Waals surface area contributed by atoms with Crippen molar-refractivity contribution in [2.75, 3.05) is 25.5 Å². The first kappa shape index (κ1) is 27.8. The fraction of sp³-hybridized carbons (Fsp3) is 0.303. The van der Waals surface area contributed by atoms with Gasteiger partial charge in [-0.3, -0.25) is 9.59 Å². The van der Waals surface area contributed by atoms with Crippen LogP contribution < -0.4 is 10.6 Å². The minimum atomic E-state index is -0.181. The highest BCUT2D eigenvalue weighted by Crippen LogP contribution is 2.30. The van der Waals surface area contributed by atoms with Crippen molar-refractivity contribution >= 4 is 29.3 Å². The van der Waals surface area contributed by atoms with E-state index in [1.807, 2.05) is 61.5 Å². The van der Waals surface area contributed by atoms with Gasteiger partial charge in [0.1, 0.15) is 0 Å². The molecule has 1 heterocycles. The number of hydrogen-bond acceptors (Lipinski definition) is 4. The zero-order valence-corrected chi connectivity index (χ0v) is 23.3. The SMILES string of the molecule is CN/C=C(\C=N)c1ccc(C2CCN(C(=O)c3ccc(C)c(NC(=O)c4ccc(C(C)C)cc4)c3)CC2)cc1. The summed E-state index contributed by atoms with van der Waals surface area (Å²) >= 11 is 0. The van der Waals surface area contributed by atoms with Crippen LogP contribution in [-0.2, 0) is 0 Å². The number of benzene rings is 3. The number of piperidine rings is 1. The van der Waals surface area contributed by atoms with Crippen LogP contribution >= 0.6 is 0 Å². The fourth-order valence-corrected chi connectivity index (χ4v) is 5.01. The zero-order chi connectivity index (χ0) is 27.9. The Morgan fingerprint density at radius 3 is 2.13 bits per heavy atom. The molecule has 3 aromatic rings. The van der Waals surface area contributed by atoms with Crippen molar-refractivity contribution < 1.29 is 9.59 Å². The van der Waals surface area contributed by atoms with Crippen molar-refractivity contribution in [3.63, 3.8) is 0 Å². The molecule has 4 rings (SSSR count). The number of carbonyl (C=O) groups excluding carboxylic acids is 2. The highest BCUT2D eigenvalue weighted by atomic mass is 16.2. The summed E-state index contributed by atoms with van der Waals surface area (Å²) in [4.78, 5) is 28.2. The van der Waals surface area contributed by atoms with Crippen molar-refractivity contribution in [1.82, 2.24) is 10.2 Å². The number of nitrogens with one attached hydrogen (secondary N) is 3. The molecule has 0 saturated carbocycles. The smallest absolute Gasteiger partial charge is 0.255 e. The summed E-state index contributed by atoms with van der Waals surface area (Å²) in [7, 11) is 1.83. The third-order valence-corrected chi connectivity index (χ3v) is 7.53. The number of amides is 2. The first-order chi connectivity index (χ1) is 18.8. The molecule has 0 radical (unpaired) electrons. The summed E-state index contributed by atoms with van der Waals surface area (Å²) < 4.78 is 0. The van der Waals surface area contributed by atoms with Gasteiger partial charge in [-0.15, -0.1) is 0 Å². The van der Waals surface area contributed by atoms with Gasteiger partial charge < -0.3 is 20.9 Å². The molecule has 0 spiro atoms. The Labute approximate surface area is 231 Å². The van der Waals surface area contributed by atoms with Crippen LogP contribution in [0.3, 0.4) is 0 Å². The van der Waals surface area contributed by atoms with E-state index in [9.17, 15) is 9.59 Å². The van der Waals surface area contributed by atoms with Gasteiger partial charge in [-0.2, -0.15) is 0 Å². The Balaban J connectivity index is 1.38. The third kappa shape index (κ3) is 6.63. The number of anilines is 1. The van der Waals surface area contributed by atoms with E-state index in [0.717, 1.165) is 29.5 Å². The average Bonchev–Trinajstić information content (AvgIpc) is 2.97. The van der Waals surface area contributed by atoms with Crippen molar-refractivity contribution in [2.45, 2.75) is 45.4 Å². The van der Waals surface area contributed by atoms with Crippen LogP contribution in [-0.4, -0.2) is 43.1 Å². The molecule has 6 heteroatoms. The molecule has 1 fully saturated rings. The Kier molecular flexibility index (Phi) is 8.97.